The molecular weight excluding hydrogens is 326 g/mol. The summed E-state index contributed by atoms with van der Waals surface area (Å²) in [7, 11) is 0. The predicted octanol–water partition coefficient (Wildman–Crippen LogP) is 4.33. The summed E-state index contributed by atoms with van der Waals surface area (Å²) in [5.41, 5.74) is 9.78. The summed E-state index contributed by atoms with van der Waals surface area (Å²) in [6.45, 7) is 2.04. The summed E-state index contributed by atoms with van der Waals surface area (Å²) in [5.74, 6) is 0.425. The van der Waals surface area contributed by atoms with E-state index in [-0.39, 0.29) is 0 Å². The lowest BCUT2D eigenvalue weighted by atomic mass is 10.2. The summed E-state index contributed by atoms with van der Waals surface area (Å²) in [5, 5.41) is 0.603. The highest BCUT2D eigenvalue weighted by atomic mass is 79.9. The van der Waals surface area contributed by atoms with E-state index in [1.165, 1.54) is 0 Å². The Bertz CT molecular complexity index is 780. The number of nitrogens with zero attached hydrogens (tertiary/aromatic N) is 2. The molecule has 3 nitrogen and oxygen atoms in total. The lowest BCUT2D eigenvalue weighted by Gasteiger charge is -2.10. The Hall–Kier alpha value is -1.52. The van der Waals surface area contributed by atoms with Crippen LogP contribution < -0.4 is 5.73 Å². The van der Waals surface area contributed by atoms with Crippen LogP contribution >= 0.6 is 27.5 Å². The van der Waals surface area contributed by atoms with E-state index in [0.29, 0.717) is 11.0 Å². The fraction of sp³-hybridized carbons (Fsp3) is 0.0714. The maximum Gasteiger partial charge on any atom is 0.206 e. The average molecular weight is 337 g/mol. The van der Waals surface area contributed by atoms with E-state index >= 15 is 0 Å². The van der Waals surface area contributed by atoms with Gasteiger partial charge in [0.05, 0.1) is 16.2 Å². The van der Waals surface area contributed by atoms with Gasteiger partial charge in [-0.25, -0.2) is 4.98 Å². The van der Waals surface area contributed by atoms with Crippen LogP contribution in [-0.2, 0) is 0 Å². The number of rotatable bonds is 1. The second-order valence-corrected chi connectivity index (χ2v) is 5.63. The molecule has 0 aliphatic heterocycles. The van der Waals surface area contributed by atoms with Crippen LogP contribution in [-0.4, -0.2) is 9.55 Å². The van der Waals surface area contributed by atoms with Crippen LogP contribution in [0, 0.1) is 6.92 Å². The summed E-state index contributed by atoms with van der Waals surface area (Å²) < 4.78 is 2.86. The van der Waals surface area contributed by atoms with E-state index in [0.717, 1.165) is 26.8 Å². The fourth-order valence-electron chi connectivity index (χ4n) is 2.13. The van der Waals surface area contributed by atoms with Crippen molar-refractivity contribution in [2.75, 3.05) is 5.73 Å². The third kappa shape index (κ3) is 2.01. The molecule has 0 saturated heterocycles. The van der Waals surface area contributed by atoms with E-state index in [1.54, 1.807) is 0 Å². The molecule has 2 aromatic carbocycles. The molecule has 0 spiro atoms. The van der Waals surface area contributed by atoms with Gasteiger partial charge in [0.2, 0.25) is 5.95 Å². The normalized spacial score (nSPS) is 11.1. The van der Waals surface area contributed by atoms with Gasteiger partial charge in [-0.15, -0.1) is 0 Å². The highest BCUT2D eigenvalue weighted by Gasteiger charge is 2.14. The van der Waals surface area contributed by atoms with E-state index in [9.17, 15) is 0 Å². The number of fused-ring (bicyclic) bond motifs is 1. The van der Waals surface area contributed by atoms with Gasteiger partial charge in [-0.1, -0.05) is 23.7 Å². The minimum absolute atomic E-state index is 0.425. The van der Waals surface area contributed by atoms with E-state index in [1.807, 2.05) is 41.8 Å². The first-order valence-electron chi connectivity index (χ1n) is 5.77. The van der Waals surface area contributed by atoms with Gasteiger partial charge < -0.3 is 5.73 Å². The molecule has 0 fully saturated rings. The van der Waals surface area contributed by atoms with Gasteiger partial charge in [0.25, 0.3) is 0 Å². The average Bonchev–Trinajstić information content (AvgIpc) is 2.70. The SMILES string of the molecule is Cc1ccc(Br)c(-n2c(N)nc3c(Cl)cccc32)c1. The Morgan fingerprint density at radius 2 is 2.05 bits per heavy atom. The van der Waals surface area contributed by atoms with Crippen molar-refractivity contribution in [3.63, 3.8) is 0 Å². The Labute approximate surface area is 124 Å². The third-order valence-electron chi connectivity index (χ3n) is 3.00. The highest BCUT2D eigenvalue weighted by Crippen LogP contribution is 2.31. The smallest absolute Gasteiger partial charge is 0.206 e. The monoisotopic (exact) mass is 335 g/mol. The first kappa shape index (κ1) is 12.5. The molecule has 0 aliphatic rings. The number of benzene rings is 2. The molecule has 5 heteroatoms. The zero-order valence-electron chi connectivity index (χ0n) is 10.2. The van der Waals surface area contributed by atoms with Crippen LogP contribution in [0.3, 0.4) is 0 Å². The highest BCUT2D eigenvalue weighted by molar-refractivity contribution is 9.10. The second kappa shape index (κ2) is 4.54. The number of imidazole rings is 1. The van der Waals surface area contributed by atoms with Crippen LogP contribution in [0.1, 0.15) is 5.56 Å². The minimum Gasteiger partial charge on any atom is -0.369 e. The zero-order valence-corrected chi connectivity index (χ0v) is 12.5. The standard InChI is InChI=1S/C14H11BrClN3/c1-8-5-6-9(15)12(7-8)19-11-4-2-3-10(16)13(11)18-14(19)17/h2-7H,1H3,(H2,17,18). The summed E-state index contributed by atoms with van der Waals surface area (Å²) in [4.78, 5) is 4.35. The van der Waals surface area contributed by atoms with Gasteiger partial charge in [0, 0.05) is 4.47 Å². The molecule has 0 aliphatic carbocycles. The van der Waals surface area contributed by atoms with Gasteiger partial charge >= 0.3 is 0 Å². The van der Waals surface area contributed by atoms with Crippen molar-refractivity contribution in [1.29, 1.82) is 0 Å². The lowest BCUT2D eigenvalue weighted by molar-refractivity contribution is 1.10. The Balaban J connectivity index is 2.39. The van der Waals surface area contributed by atoms with E-state index in [2.05, 4.69) is 27.0 Å². The van der Waals surface area contributed by atoms with Crippen molar-refractivity contribution in [2.24, 2.45) is 0 Å². The number of hydrogen-bond donors (Lipinski definition) is 1. The number of aryl methyl sites for hydroxylation is 1. The van der Waals surface area contributed by atoms with Gasteiger partial charge in [-0.05, 0) is 52.7 Å². The van der Waals surface area contributed by atoms with Crippen molar-refractivity contribution in [2.45, 2.75) is 6.92 Å². The van der Waals surface area contributed by atoms with Crippen LogP contribution in [0.5, 0.6) is 0 Å². The molecule has 2 N–H and O–H groups in total. The molecule has 0 radical (unpaired) electrons. The summed E-state index contributed by atoms with van der Waals surface area (Å²) >= 11 is 9.71. The minimum atomic E-state index is 0.425. The Morgan fingerprint density at radius 3 is 2.84 bits per heavy atom. The first-order valence-corrected chi connectivity index (χ1v) is 6.94. The second-order valence-electron chi connectivity index (χ2n) is 4.37. The number of anilines is 1. The number of halogens is 2. The van der Waals surface area contributed by atoms with Gasteiger partial charge in [-0.3, -0.25) is 4.57 Å². The van der Waals surface area contributed by atoms with Crippen molar-refractivity contribution in [3.05, 3.63) is 51.5 Å². The summed E-state index contributed by atoms with van der Waals surface area (Å²) in [6, 6.07) is 11.8. The number of nitrogen functional groups attached to an aromatic ring is 1. The van der Waals surface area contributed by atoms with Crippen molar-refractivity contribution in [1.82, 2.24) is 9.55 Å². The summed E-state index contributed by atoms with van der Waals surface area (Å²) in [6.07, 6.45) is 0. The third-order valence-corrected chi connectivity index (χ3v) is 3.98. The topological polar surface area (TPSA) is 43.8 Å². The molecule has 1 aromatic heterocycles. The maximum absolute atomic E-state index is 6.16. The lowest BCUT2D eigenvalue weighted by Crippen LogP contribution is -2.01. The molecule has 19 heavy (non-hydrogen) atoms. The number of nitrogens with two attached hydrogens (primary N) is 1. The van der Waals surface area contributed by atoms with E-state index < -0.39 is 0 Å². The molecule has 0 unspecified atom stereocenters. The molecular formula is C14H11BrClN3. The van der Waals surface area contributed by atoms with Crippen LogP contribution in [0.15, 0.2) is 40.9 Å². The quantitative estimate of drug-likeness (QED) is 0.718. The predicted molar refractivity (Wildman–Crippen MR) is 82.9 cm³/mol. The first-order chi connectivity index (χ1) is 9.08. The molecule has 1 heterocycles. The molecule has 3 rings (SSSR count). The van der Waals surface area contributed by atoms with Crippen LogP contribution in [0.2, 0.25) is 5.02 Å². The van der Waals surface area contributed by atoms with Crippen molar-refractivity contribution >= 4 is 44.5 Å². The Morgan fingerprint density at radius 1 is 1.26 bits per heavy atom. The van der Waals surface area contributed by atoms with Crippen LogP contribution in [0.25, 0.3) is 16.7 Å². The largest absolute Gasteiger partial charge is 0.369 e. The maximum atomic E-state index is 6.16. The molecule has 3 aromatic rings. The Kier molecular flexibility index (Phi) is 2.99. The molecule has 96 valence electrons. The molecule has 0 saturated carbocycles. The molecule has 0 amide bonds. The van der Waals surface area contributed by atoms with Crippen molar-refractivity contribution < 1.29 is 0 Å². The van der Waals surface area contributed by atoms with Gasteiger partial charge in [0.1, 0.15) is 5.52 Å². The van der Waals surface area contributed by atoms with Crippen LogP contribution in [0.4, 0.5) is 5.95 Å². The zero-order chi connectivity index (χ0) is 13.6. The number of para-hydroxylation sites is 1. The number of aromatic nitrogens is 2. The number of hydrogen-bond acceptors (Lipinski definition) is 2. The fourth-order valence-corrected chi connectivity index (χ4v) is 2.77. The van der Waals surface area contributed by atoms with E-state index in [4.69, 9.17) is 17.3 Å². The molecule has 0 atom stereocenters. The molecule has 0 bridgehead atoms. The van der Waals surface area contributed by atoms with Gasteiger partial charge in [-0.2, -0.15) is 0 Å². The van der Waals surface area contributed by atoms with Crippen molar-refractivity contribution in [3.8, 4) is 5.69 Å². The van der Waals surface area contributed by atoms with Gasteiger partial charge in [0.15, 0.2) is 0 Å².